The normalized spacial score (nSPS) is 11.2. The van der Waals surface area contributed by atoms with Gasteiger partial charge in [-0.1, -0.05) is 30.3 Å². The molecule has 20 heavy (non-hydrogen) atoms. The van der Waals surface area contributed by atoms with E-state index in [1.54, 1.807) is 24.3 Å². The van der Waals surface area contributed by atoms with Crippen LogP contribution in [-0.4, -0.2) is 10.9 Å². The molecular weight excluding hydrogens is 269 g/mol. The maximum absolute atomic E-state index is 12.7. The van der Waals surface area contributed by atoms with E-state index in [2.05, 4.69) is 10.3 Å². The van der Waals surface area contributed by atoms with Crippen LogP contribution in [0.2, 0.25) is 0 Å². The van der Waals surface area contributed by atoms with Gasteiger partial charge in [0.25, 0.3) is 5.91 Å². The first-order valence-electron chi connectivity index (χ1n) is 5.83. The molecule has 0 saturated carbocycles. The Balaban J connectivity index is 2.14. The third-order valence-electron chi connectivity index (χ3n) is 2.62. The summed E-state index contributed by atoms with van der Waals surface area (Å²) < 4.78 is 38.2. The van der Waals surface area contributed by atoms with Gasteiger partial charge in [0.2, 0.25) is 0 Å². The van der Waals surface area contributed by atoms with Crippen molar-refractivity contribution in [1.29, 1.82) is 0 Å². The molecule has 0 spiro atoms. The van der Waals surface area contributed by atoms with E-state index in [9.17, 15) is 18.0 Å². The Morgan fingerprint density at radius 3 is 2.45 bits per heavy atom. The van der Waals surface area contributed by atoms with Crippen LogP contribution in [0.5, 0.6) is 0 Å². The van der Waals surface area contributed by atoms with E-state index in [1.165, 1.54) is 6.07 Å². The highest BCUT2D eigenvalue weighted by molar-refractivity contribution is 5.95. The summed E-state index contributed by atoms with van der Waals surface area (Å²) in [5.41, 5.74) is -0.847. The van der Waals surface area contributed by atoms with Gasteiger partial charge in [-0.25, -0.2) is 0 Å². The van der Waals surface area contributed by atoms with Gasteiger partial charge in [0.05, 0.1) is 5.56 Å². The van der Waals surface area contributed by atoms with Gasteiger partial charge in [-0.15, -0.1) is 0 Å². The molecule has 2 rings (SSSR count). The Kier molecular flexibility index (Phi) is 4.02. The number of hydrogen-bond donors (Lipinski definition) is 1. The van der Waals surface area contributed by atoms with Gasteiger partial charge >= 0.3 is 6.18 Å². The molecule has 6 heteroatoms. The molecule has 0 atom stereocenters. The van der Waals surface area contributed by atoms with Crippen LogP contribution in [0.4, 0.5) is 13.2 Å². The highest BCUT2D eigenvalue weighted by atomic mass is 19.4. The highest BCUT2D eigenvalue weighted by Crippen LogP contribution is 2.29. The Labute approximate surface area is 113 Å². The van der Waals surface area contributed by atoms with Gasteiger partial charge in [0, 0.05) is 12.7 Å². The third kappa shape index (κ3) is 3.34. The van der Waals surface area contributed by atoms with Crippen molar-refractivity contribution in [3.05, 3.63) is 65.5 Å². The lowest BCUT2D eigenvalue weighted by molar-refractivity contribution is -0.141. The van der Waals surface area contributed by atoms with Gasteiger partial charge in [0.15, 0.2) is 5.69 Å². The number of benzene rings is 1. The van der Waals surface area contributed by atoms with Crippen LogP contribution in [-0.2, 0) is 12.7 Å². The zero-order valence-corrected chi connectivity index (χ0v) is 10.3. The van der Waals surface area contributed by atoms with Crippen molar-refractivity contribution < 1.29 is 18.0 Å². The van der Waals surface area contributed by atoms with Crippen LogP contribution < -0.4 is 5.32 Å². The lowest BCUT2D eigenvalue weighted by Gasteiger charge is -2.11. The number of alkyl halides is 3. The number of nitrogens with one attached hydrogen (secondary N) is 1. The summed E-state index contributed by atoms with van der Waals surface area (Å²) in [6, 6.07) is 11.3. The van der Waals surface area contributed by atoms with E-state index >= 15 is 0 Å². The molecule has 1 aromatic heterocycles. The Morgan fingerprint density at radius 1 is 1.10 bits per heavy atom. The molecule has 0 saturated heterocycles. The summed E-state index contributed by atoms with van der Waals surface area (Å²) >= 11 is 0. The summed E-state index contributed by atoms with van der Waals surface area (Å²) in [5.74, 6) is -0.797. The number of nitrogens with zero attached hydrogens (tertiary/aromatic N) is 1. The first-order valence-corrected chi connectivity index (χ1v) is 5.83. The number of carbonyl (C=O) groups excluding carboxylic acids is 1. The average Bonchev–Trinajstić information content (AvgIpc) is 2.45. The molecule has 0 aliphatic heterocycles. The molecule has 0 radical (unpaired) electrons. The van der Waals surface area contributed by atoms with Crippen molar-refractivity contribution in [2.45, 2.75) is 12.7 Å². The van der Waals surface area contributed by atoms with Crippen molar-refractivity contribution in [3.63, 3.8) is 0 Å². The molecule has 2 aromatic rings. The summed E-state index contributed by atoms with van der Waals surface area (Å²) in [5, 5.41) is 2.45. The number of hydrogen-bond acceptors (Lipinski definition) is 2. The molecule has 1 aromatic carbocycles. The zero-order valence-electron chi connectivity index (χ0n) is 10.3. The van der Waals surface area contributed by atoms with E-state index in [1.807, 2.05) is 6.07 Å². The number of aromatic nitrogens is 1. The molecule has 1 heterocycles. The molecule has 0 aliphatic carbocycles. The van der Waals surface area contributed by atoms with E-state index in [-0.39, 0.29) is 6.54 Å². The predicted octanol–water partition coefficient (Wildman–Crippen LogP) is 3.03. The maximum atomic E-state index is 12.7. The summed E-state index contributed by atoms with van der Waals surface area (Å²) in [4.78, 5) is 15.1. The second kappa shape index (κ2) is 5.73. The maximum Gasteiger partial charge on any atom is 0.434 e. The Hall–Kier alpha value is -2.37. The Morgan fingerprint density at radius 2 is 1.80 bits per heavy atom. The van der Waals surface area contributed by atoms with E-state index < -0.39 is 23.3 Å². The summed E-state index contributed by atoms with van der Waals surface area (Å²) in [6.07, 6.45) is -3.64. The van der Waals surface area contributed by atoms with E-state index in [0.29, 0.717) is 0 Å². The molecule has 0 aliphatic rings. The monoisotopic (exact) mass is 280 g/mol. The van der Waals surface area contributed by atoms with Crippen LogP contribution >= 0.6 is 0 Å². The van der Waals surface area contributed by atoms with Crippen molar-refractivity contribution in [2.75, 3.05) is 0 Å². The molecule has 104 valence electrons. The van der Waals surface area contributed by atoms with Crippen LogP contribution in [0.1, 0.15) is 21.6 Å². The quantitative estimate of drug-likeness (QED) is 0.939. The first-order chi connectivity index (χ1) is 9.48. The molecular formula is C14H11F3N2O. The first kappa shape index (κ1) is 14.0. The molecule has 1 N–H and O–H groups in total. The highest BCUT2D eigenvalue weighted by Gasteiger charge is 2.36. The minimum atomic E-state index is -4.65. The molecule has 0 unspecified atom stereocenters. The molecule has 3 nitrogen and oxygen atoms in total. The van der Waals surface area contributed by atoms with Gasteiger partial charge in [0.1, 0.15) is 0 Å². The lowest BCUT2D eigenvalue weighted by atomic mass is 10.1. The average molecular weight is 280 g/mol. The van der Waals surface area contributed by atoms with Gasteiger partial charge < -0.3 is 5.32 Å². The van der Waals surface area contributed by atoms with Crippen LogP contribution in [0, 0.1) is 0 Å². The van der Waals surface area contributed by atoms with Gasteiger partial charge in [-0.3, -0.25) is 9.78 Å². The molecule has 0 fully saturated rings. The van der Waals surface area contributed by atoms with Crippen molar-refractivity contribution >= 4 is 5.91 Å². The fourth-order valence-corrected chi connectivity index (χ4v) is 1.69. The molecule has 1 amide bonds. The smallest absolute Gasteiger partial charge is 0.348 e. The van der Waals surface area contributed by atoms with Gasteiger partial charge in [-0.2, -0.15) is 13.2 Å². The van der Waals surface area contributed by atoms with Crippen LogP contribution in [0.15, 0.2) is 48.7 Å². The van der Waals surface area contributed by atoms with Crippen LogP contribution in [0.3, 0.4) is 0 Å². The minimum Gasteiger partial charge on any atom is -0.348 e. The predicted molar refractivity (Wildman–Crippen MR) is 66.9 cm³/mol. The fraction of sp³-hybridized carbons (Fsp3) is 0.143. The van der Waals surface area contributed by atoms with Crippen molar-refractivity contribution in [3.8, 4) is 0 Å². The number of rotatable bonds is 3. The van der Waals surface area contributed by atoms with Gasteiger partial charge in [-0.05, 0) is 17.7 Å². The number of pyridine rings is 1. The largest absolute Gasteiger partial charge is 0.434 e. The number of carbonyl (C=O) groups is 1. The number of amides is 1. The van der Waals surface area contributed by atoms with Crippen molar-refractivity contribution in [2.24, 2.45) is 0 Å². The van der Waals surface area contributed by atoms with Crippen LogP contribution in [0.25, 0.3) is 0 Å². The summed E-state index contributed by atoms with van der Waals surface area (Å²) in [6.45, 7) is 0.159. The van der Waals surface area contributed by atoms with E-state index in [0.717, 1.165) is 17.8 Å². The Bertz CT molecular complexity index is 597. The topological polar surface area (TPSA) is 42.0 Å². The SMILES string of the molecule is O=C(NCc1ccccc1)c1cccnc1C(F)(F)F. The standard InChI is InChI=1S/C14H11F3N2O/c15-14(16,17)12-11(7-4-8-18-12)13(20)19-9-10-5-2-1-3-6-10/h1-8H,9H2,(H,19,20). The summed E-state index contributed by atoms with van der Waals surface area (Å²) in [7, 11) is 0. The molecule has 0 bridgehead atoms. The second-order valence-corrected chi connectivity index (χ2v) is 4.07. The number of halogens is 3. The van der Waals surface area contributed by atoms with E-state index in [4.69, 9.17) is 0 Å². The lowest BCUT2D eigenvalue weighted by Crippen LogP contribution is -2.26. The zero-order chi connectivity index (χ0) is 14.6. The third-order valence-corrected chi connectivity index (χ3v) is 2.62. The van der Waals surface area contributed by atoms with Crippen molar-refractivity contribution in [1.82, 2.24) is 10.3 Å². The second-order valence-electron chi connectivity index (χ2n) is 4.07. The fourth-order valence-electron chi connectivity index (χ4n) is 1.69. The minimum absolute atomic E-state index is 0.159.